The Hall–Kier alpha value is -1.36. The molecular weight excluding hydrogens is 344 g/mol. The summed E-state index contributed by atoms with van der Waals surface area (Å²) in [6.07, 6.45) is 10.1. The minimum atomic E-state index is -0.391. The maximum atomic E-state index is 13.4. The van der Waals surface area contributed by atoms with E-state index in [4.69, 9.17) is 5.73 Å². The molecule has 1 aromatic heterocycles. The highest BCUT2D eigenvalue weighted by Crippen LogP contribution is 2.60. The van der Waals surface area contributed by atoms with Crippen LogP contribution in [0.5, 0.6) is 0 Å². The number of nitrogens with one attached hydrogen (secondary N) is 1. The average molecular weight is 373 g/mol. The van der Waals surface area contributed by atoms with E-state index in [0.717, 1.165) is 66.8 Å². The van der Waals surface area contributed by atoms with Crippen LogP contribution in [0.3, 0.4) is 0 Å². The fraction of sp³-hybridized carbons (Fsp3) is 0.714. The monoisotopic (exact) mass is 372 g/mol. The Morgan fingerprint density at radius 2 is 1.73 bits per heavy atom. The van der Waals surface area contributed by atoms with E-state index in [-0.39, 0.29) is 11.3 Å². The van der Waals surface area contributed by atoms with Crippen LogP contribution in [0.25, 0.3) is 0 Å². The Labute approximate surface area is 158 Å². The van der Waals surface area contributed by atoms with Crippen LogP contribution in [0.2, 0.25) is 0 Å². The van der Waals surface area contributed by atoms with Gasteiger partial charge in [-0.3, -0.25) is 9.59 Å². The van der Waals surface area contributed by atoms with E-state index in [2.05, 4.69) is 12.2 Å². The highest BCUT2D eigenvalue weighted by atomic mass is 32.1. The predicted octanol–water partition coefficient (Wildman–Crippen LogP) is 4.13. The van der Waals surface area contributed by atoms with Crippen LogP contribution < -0.4 is 11.1 Å². The molecule has 3 N–H and O–H groups in total. The van der Waals surface area contributed by atoms with Gasteiger partial charge in [0.15, 0.2) is 0 Å². The summed E-state index contributed by atoms with van der Waals surface area (Å²) in [5.41, 5.74) is 7.21. The fourth-order valence-electron chi connectivity index (χ4n) is 6.72. The number of carbonyl (C=O) groups excluding carboxylic acids is 2. The van der Waals surface area contributed by atoms with Crippen molar-refractivity contribution in [3.63, 3.8) is 0 Å². The van der Waals surface area contributed by atoms with Crippen molar-refractivity contribution >= 4 is 28.2 Å². The molecule has 1 unspecified atom stereocenters. The first-order chi connectivity index (χ1) is 12.4. The van der Waals surface area contributed by atoms with Crippen LogP contribution in [0.15, 0.2) is 0 Å². The molecule has 0 spiro atoms. The number of rotatable bonds is 3. The molecule has 4 saturated carbocycles. The van der Waals surface area contributed by atoms with Crippen molar-refractivity contribution in [2.45, 2.75) is 64.7 Å². The second-order valence-electron chi connectivity index (χ2n) is 9.57. The molecule has 4 nitrogen and oxygen atoms in total. The summed E-state index contributed by atoms with van der Waals surface area (Å²) in [5.74, 6) is 2.61. The molecule has 0 radical (unpaired) electrons. The Morgan fingerprint density at radius 1 is 1.12 bits per heavy atom. The summed E-state index contributed by atoms with van der Waals surface area (Å²) in [5, 5.41) is 3.92. The molecule has 140 valence electrons. The Balaban J connectivity index is 1.45. The number of primary amides is 1. The summed E-state index contributed by atoms with van der Waals surface area (Å²) in [4.78, 5) is 26.8. The molecule has 26 heavy (non-hydrogen) atoms. The first-order valence-corrected chi connectivity index (χ1v) is 11.0. The molecule has 4 fully saturated rings. The average Bonchev–Trinajstić information content (AvgIpc) is 2.90. The first kappa shape index (κ1) is 16.8. The molecule has 5 aliphatic carbocycles. The van der Waals surface area contributed by atoms with E-state index < -0.39 is 5.91 Å². The van der Waals surface area contributed by atoms with E-state index in [1.54, 1.807) is 11.3 Å². The lowest BCUT2D eigenvalue weighted by atomic mass is 9.49. The van der Waals surface area contributed by atoms with Crippen molar-refractivity contribution < 1.29 is 9.59 Å². The number of amides is 2. The Kier molecular flexibility index (Phi) is 3.76. The second kappa shape index (κ2) is 5.82. The highest BCUT2D eigenvalue weighted by molar-refractivity contribution is 7.17. The quantitative estimate of drug-likeness (QED) is 0.837. The Morgan fingerprint density at radius 3 is 2.31 bits per heavy atom. The van der Waals surface area contributed by atoms with Crippen molar-refractivity contribution in [1.29, 1.82) is 0 Å². The first-order valence-electron chi connectivity index (χ1n) is 10.2. The highest BCUT2D eigenvalue weighted by Gasteiger charge is 2.54. The van der Waals surface area contributed by atoms with Gasteiger partial charge in [-0.1, -0.05) is 6.92 Å². The summed E-state index contributed by atoms with van der Waals surface area (Å²) in [6, 6.07) is 0. The molecule has 4 bridgehead atoms. The second-order valence-corrected chi connectivity index (χ2v) is 10.7. The van der Waals surface area contributed by atoms with Crippen molar-refractivity contribution in [1.82, 2.24) is 0 Å². The molecular formula is C21H28N2O2S. The Bertz CT molecular complexity index is 746. The zero-order valence-corrected chi connectivity index (χ0v) is 16.3. The zero-order chi connectivity index (χ0) is 18.1. The van der Waals surface area contributed by atoms with Crippen LogP contribution in [0.1, 0.15) is 72.7 Å². The minimum absolute atomic E-state index is 0.158. The molecule has 5 aliphatic rings. The normalized spacial score (nSPS) is 37.4. The zero-order valence-electron chi connectivity index (χ0n) is 15.5. The van der Waals surface area contributed by atoms with Crippen LogP contribution in [0, 0.1) is 29.1 Å². The molecule has 0 aromatic carbocycles. The predicted molar refractivity (Wildman–Crippen MR) is 103 cm³/mol. The van der Waals surface area contributed by atoms with Crippen LogP contribution >= 0.6 is 11.3 Å². The van der Waals surface area contributed by atoms with Gasteiger partial charge in [0.2, 0.25) is 5.91 Å². The fourth-order valence-corrected chi connectivity index (χ4v) is 8.14. The number of carbonyl (C=O) groups is 2. The van der Waals surface area contributed by atoms with E-state index >= 15 is 0 Å². The van der Waals surface area contributed by atoms with Gasteiger partial charge in [0.25, 0.3) is 5.91 Å². The summed E-state index contributed by atoms with van der Waals surface area (Å²) in [7, 11) is 0. The molecule has 1 atom stereocenters. The number of thiophene rings is 1. The van der Waals surface area contributed by atoms with Crippen LogP contribution in [-0.2, 0) is 17.6 Å². The van der Waals surface area contributed by atoms with Gasteiger partial charge in [0.05, 0.1) is 11.0 Å². The van der Waals surface area contributed by atoms with E-state index in [1.165, 1.54) is 24.1 Å². The summed E-state index contributed by atoms with van der Waals surface area (Å²) >= 11 is 1.59. The minimum Gasteiger partial charge on any atom is -0.365 e. The maximum absolute atomic E-state index is 13.4. The van der Waals surface area contributed by atoms with Gasteiger partial charge in [0.1, 0.15) is 5.00 Å². The third-order valence-corrected chi connectivity index (χ3v) is 8.67. The van der Waals surface area contributed by atoms with Gasteiger partial charge in [-0.25, -0.2) is 0 Å². The number of hydrogen-bond donors (Lipinski definition) is 2. The van der Waals surface area contributed by atoms with Gasteiger partial charge in [-0.05, 0) is 87.0 Å². The SMILES string of the molecule is CC1CCc2c(sc(NC(=O)C34CC5CC(CC(C5)C3)C4)c2C(N)=O)C1. The molecule has 5 heteroatoms. The van der Waals surface area contributed by atoms with E-state index in [1.807, 2.05) is 0 Å². The van der Waals surface area contributed by atoms with Crippen molar-refractivity contribution in [2.75, 3.05) is 5.32 Å². The number of hydrogen-bond acceptors (Lipinski definition) is 3. The summed E-state index contributed by atoms with van der Waals surface area (Å²) in [6.45, 7) is 2.25. The van der Waals surface area contributed by atoms with Crippen LogP contribution in [-0.4, -0.2) is 11.8 Å². The molecule has 1 heterocycles. The van der Waals surface area contributed by atoms with E-state index in [9.17, 15) is 9.59 Å². The van der Waals surface area contributed by atoms with Gasteiger partial charge < -0.3 is 11.1 Å². The van der Waals surface area contributed by atoms with Gasteiger partial charge in [0, 0.05) is 4.88 Å². The van der Waals surface area contributed by atoms with Gasteiger partial charge in [-0.2, -0.15) is 0 Å². The van der Waals surface area contributed by atoms with Gasteiger partial charge >= 0.3 is 0 Å². The standard InChI is InChI=1S/C21H28N2O2S/c1-11-2-3-15-16(4-11)26-19(17(15)18(22)24)23-20(25)21-8-12-5-13(9-21)7-14(6-12)10-21/h11-14H,2-10H2,1H3,(H2,22,24)(H,23,25). The smallest absolute Gasteiger partial charge is 0.251 e. The topological polar surface area (TPSA) is 72.2 Å². The third-order valence-electron chi connectivity index (χ3n) is 7.51. The van der Waals surface area contributed by atoms with E-state index in [0.29, 0.717) is 11.5 Å². The number of fused-ring (bicyclic) bond motifs is 1. The summed E-state index contributed by atoms with van der Waals surface area (Å²) < 4.78 is 0. The molecule has 2 amide bonds. The number of anilines is 1. The third kappa shape index (κ3) is 2.54. The molecule has 1 aromatic rings. The molecule has 0 saturated heterocycles. The lowest BCUT2D eigenvalue weighted by Crippen LogP contribution is -2.51. The van der Waals surface area contributed by atoms with Gasteiger partial charge in [-0.15, -0.1) is 11.3 Å². The van der Waals surface area contributed by atoms with Crippen molar-refractivity contribution in [3.05, 3.63) is 16.0 Å². The number of nitrogens with two attached hydrogens (primary N) is 1. The van der Waals surface area contributed by atoms with Crippen molar-refractivity contribution in [3.8, 4) is 0 Å². The lowest BCUT2D eigenvalue weighted by Gasteiger charge is -2.55. The van der Waals surface area contributed by atoms with Crippen molar-refractivity contribution in [2.24, 2.45) is 34.8 Å². The molecule has 0 aliphatic heterocycles. The lowest BCUT2D eigenvalue weighted by molar-refractivity contribution is -0.140. The maximum Gasteiger partial charge on any atom is 0.251 e. The largest absolute Gasteiger partial charge is 0.365 e. The van der Waals surface area contributed by atoms with Crippen LogP contribution in [0.4, 0.5) is 5.00 Å². The molecule has 6 rings (SSSR count).